The lowest BCUT2D eigenvalue weighted by molar-refractivity contribution is -0.385. The van der Waals surface area contributed by atoms with Gasteiger partial charge in [0, 0.05) is 31.3 Å². The molecule has 0 aliphatic carbocycles. The number of aryl methyl sites for hydroxylation is 1. The summed E-state index contributed by atoms with van der Waals surface area (Å²) in [7, 11) is -3.70. The Morgan fingerprint density at radius 3 is 2.42 bits per heavy atom. The number of benzene rings is 1. The molecule has 1 aliphatic rings. The van der Waals surface area contributed by atoms with Crippen molar-refractivity contribution in [3.05, 3.63) is 33.4 Å². The number of rotatable bonds is 3. The van der Waals surface area contributed by atoms with Gasteiger partial charge < -0.3 is 5.73 Å². The van der Waals surface area contributed by atoms with Crippen LogP contribution in [0.4, 0.5) is 5.69 Å². The van der Waals surface area contributed by atoms with E-state index >= 15 is 0 Å². The zero-order valence-corrected chi connectivity index (χ0v) is 11.5. The summed E-state index contributed by atoms with van der Waals surface area (Å²) in [4.78, 5) is 10.2. The van der Waals surface area contributed by atoms with Crippen molar-refractivity contribution in [3.8, 4) is 0 Å². The minimum atomic E-state index is -3.70. The molecule has 19 heavy (non-hydrogen) atoms. The first-order valence-electron chi connectivity index (χ1n) is 5.75. The molecule has 0 bridgehead atoms. The Hall–Kier alpha value is -1.51. The number of non-ortho nitro benzene ring substituents is 1. The summed E-state index contributed by atoms with van der Waals surface area (Å²) in [5, 5.41) is 10.8. The molecule has 0 amide bonds. The molecule has 8 heteroatoms. The molecule has 0 saturated carbocycles. The zero-order valence-electron chi connectivity index (χ0n) is 10.7. The van der Waals surface area contributed by atoms with Gasteiger partial charge >= 0.3 is 0 Å². The molecule has 0 radical (unpaired) electrons. The maximum atomic E-state index is 12.4. The number of hydrogen-bond acceptors (Lipinski definition) is 5. The monoisotopic (exact) mass is 285 g/mol. The van der Waals surface area contributed by atoms with Crippen LogP contribution in [0.2, 0.25) is 0 Å². The van der Waals surface area contributed by atoms with Gasteiger partial charge in [0.1, 0.15) is 0 Å². The SMILES string of the molecule is Cc1cc([N+](=O)[O-])cc(S(=O)(=O)N2CC(N)C2)c1C. The van der Waals surface area contributed by atoms with E-state index in [1.54, 1.807) is 13.8 Å². The minimum Gasteiger partial charge on any atom is -0.325 e. The fourth-order valence-electron chi connectivity index (χ4n) is 1.99. The predicted octanol–water partition coefficient (Wildman–Crippen LogP) is 0.543. The fourth-order valence-corrected chi connectivity index (χ4v) is 3.86. The van der Waals surface area contributed by atoms with E-state index in [0.717, 1.165) is 6.07 Å². The molecular formula is C11H15N3O4S. The molecule has 0 spiro atoms. The van der Waals surface area contributed by atoms with Gasteiger partial charge in [-0.2, -0.15) is 4.31 Å². The first-order valence-corrected chi connectivity index (χ1v) is 7.19. The van der Waals surface area contributed by atoms with Crippen molar-refractivity contribution < 1.29 is 13.3 Å². The van der Waals surface area contributed by atoms with Gasteiger partial charge in [0.15, 0.2) is 0 Å². The highest BCUT2D eigenvalue weighted by Crippen LogP contribution is 2.29. The van der Waals surface area contributed by atoms with Gasteiger partial charge in [0.25, 0.3) is 5.69 Å². The number of sulfonamides is 1. The molecule has 1 aliphatic heterocycles. The summed E-state index contributed by atoms with van der Waals surface area (Å²) < 4.78 is 26.0. The van der Waals surface area contributed by atoms with Crippen LogP contribution >= 0.6 is 0 Å². The standard InChI is InChI=1S/C11H15N3O4S/c1-7-3-10(14(15)16)4-11(8(7)2)19(17,18)13-5-9(12)6-13/h3-4,9H,5-6,12H2,1-2H3. The maximum Gasteiger partial charge on any atom is 0.271 e. The lowest BCUT2D eigenvalue weighted by Crippen LogP contribution is -2.57. The van der Waals surface area contributed by atoms with Crippen molar-refractivity contribution in [2.24, 2.45) is 5.73 Å². The van der Waals surface area contributed by atoms with Gasteiger partial charge in [0.2, 0.25) is 10.0 Å². The van der Waals surface area contributed by atoms with Crippen LogP contribution in [-0.2, 0) is 10.0 Å². The first kappa shape index (κ1) is 13.9. The molecule has 1 heterocycles. The Balaban J connectivity index is 2.52. The number of nitrogens with zero attached hydrogens (tertiary/aromatic N) is 2. The average Bonchev–Trinajstić information content (AvgIpc) is 2.27. The highest BCUT2D eigenvalue weighted by atomic mass is 32.2. The molecule has 1 aromatic rings. The summed E-state index contributed by atoms with van der Waals surface area (Å²) in [6.07, 6.45) is 0. The van der Waals surface area contributed by atoms with Crippen LogP contribution in [0.1, 0.15) is 11.1 Å². The first-order chi connectivity index (χ1) is 8.73. The predicted molar refractivity (Wildman–Crippen MR) is 69.3 cm³/mol. The summed E-state index contributed by atoms with van der Waals surface area (Å²) in [6, 6.07) is 2.33. The lowest BCUT2D eigenvalue weighted by Gasteiger charge is -2.35. The molecule has 104 valence electrons. The summed E-state index contributed by atoms with van der Waals surface area (Å²) in [6.45, 7) is 3.81. The van der Waals surface area contributed by atoms with Gasteiger partial charge in [-0.3, -0.25) is 10.1 Å². The Labute approximate surface area is 111 Å². The molecule has 2 N–H and O–H groups in total. The van der Waals surface area contributed by atoms with E-state index in [1.807, 2.05) is 0 Å². The van der Waals surface area contributed by atoms with Gasteiger partial charge in [-0.15, -0.1) is 0 Å². The second-order valence-corrected chi connectivity index (χ2v) is 6.63. The third-order valence-electron chi connectivity index (χ3n) is 3.31. The highest BCUT2D eigenvalue weighted by Gasteiger charge is 2.36. The van der Waals surface area contributed by atoms with E-state index in [1.165, 1.54) is 10.4 Å². The largest absolute Gasteiger partial charge is 0.325 e. The van der Waals surface area contributed by atoms with Gasteiger partial charge in [-0.05, 0) is 25.0 Å². The van der Waals surface area contributed by atoms with E-state index in [9.17, 15) is 18.5 Å². The van der Waals surface area contributed by atoms with E-state index in [2.05, 4.69) is 0 Å². The maximum absolute atomic E-state index is 12.4. The van der Waals surface area contributed by atoms with E-state index in [4.69, 9.17) is 5.73 Å². The molecule has 0 atom stereocenters. The molecule has 1 aromatic carbocycles. The summed E-state index contributed by atoms with van der Waals surface area (Å²) in [5.74, 6) is 0. The van der Waals surface area contributed by atoms with Crippen LogP contribution in [-0.4, -0.2) is 36.8 Å². The van der Waals surface area contributed by atoms with Crippen molar-refractivity contribution in [1.29, 1.82) is 0 Å². The number of nitro benzene ring substituents is 1. The van der Waals surface area contributed by atoms with Crippen LogP contribution in [0.15, 0.2) is 17.0 Å². The average molecular weight is 285 g/mol. The van der Waals surface area contributed by atoms with Crippen LogP contribution in [0, 0.1) is 24.0 Å². The van der Waals surface area contributed by atoms with Crippen molar-refractivity contribution >= 4 is 15.7 Å². The number of nitro groups is 1. The summed E-state index contributed by atoms with van der Waals surface area (Å²) >= 11 is 0. The third kappa shape index (κ3) is 2.34. The van der Waals surface area contributed by atoms with Crippen molar-refractivity contribution in [3.63, 3.8) is 0 Å². The normalized spacial score (nSPS) is 17.2. The minimum absolute atomic E-state index is 0.00824. The molecule has 0 aromatic heterocycles. The molecule has 1 saturated heterocycles. The number of hydrogen-bond donors (Lipinski definition) is 1. The van der Waals surface area contributed by atoms with Crippen LogP contribution < -0.4 is 5.73 Å². The topological polar surface area (TPSA) is 107 Å². The van der Waals surface area contributed by atoms with Gasteiger partial charge in [-0.1, -0.05) is 0 Å². The lowest BCUT2D eigenvalue weighted by atomic mass is 10.1. The fraction of sp³-hybridized carbons (Fsp3) is 0.455. The second kappa shape index (κ2) is 4.55. The van der Waals surface area contributed by atoms with Crippen molar-refractivity contribution in [2.45, 2.75) is 24.8 Å². The Kier molecular flexibility index (Phi) is 3.33. The van der Waals surface area contributed by atoms with E-state index in [0.29, 0.717) is 11.1 Å². The van der Waals surface area contributed by atoms with Crippen LogP contribution in [0.25, 0.3) is 0 Å². The Morgan fingerprint density at radius 1 is 1.37 bits per heavy atom. The molecule has 1 fully saturated rings. The Bertz CT molecular complexity index is 636. The highest BCUT2D eigenvalue weighted by molar-refractivity contribution is 7.89. The van der Waals surface area contributed by atoms with Crippen LogP contribution in [0.3, 0.4) is 0 Å². The van der Waals surface area contributed by atoms with E-state index in [-0.39, 0.29) is 29.7 Å². The van der Waals surface area contributed by atoms with Crippen molar-refractivity contribution in [1.82, 2.24) is 4.31 Å². The summed E-state index contributed by atoms with van der Waals surface area (Å²) in [5.41, 5.74) is 6.47. The van der Waals surface area contributed by atoms with Crippen molar-refractivity contribution in [2.75, 3.05) is 13.1 Å². The molecular weight excluding hydrogens is 270 g/mol. The molecule has 0 unspecified atom stereocenters. The zero-order chi connectivity index (χ0) is 14.4. The Morgan fingerprint density at radius 2 is 1.95 bits per heavy atom. The van der Waals surface area contributed by atoms with Gasteiger partial charge in [-0.25, -0.2) is 8.42 Å². The van der Waals surface area contributed by atoms with Gasteiger partial charge in [0.05, 0.1) is 9.82 Å². The number of nitrogens with two attached hydrogens (primary N) is 1. The van der Waals surface area contributed by atoms with E-state index < -0.39 is 14.9 Å². The quantitative estimate of drug-likeness (QED) is 0.644. The third-order valence-corrected chi connectivity index (χ3v) is 5.27. The molecule has 2 rings (SSSR count). The second-order valence-electron chi connectivity index (χ2n) is 4.73. The molecule has 7 nitrogen and oxygen atoms in total. The smallest absolute Gasteiger partial charge is 0.271 e. The van der Waals surface area contributed by atoms with Crippen LogP contribution in [0.5, 0.6) is 0 Å².